The average Bonchev–Trinajstić information content (AvgIpc) is 2.57. The predicted octanol–water partition coefficient (Wildman–Crippen LogP) is 2.80. The molecule has 0 radical (unpaired) electrons. The zero-order valence-electron chi connectivity index (χ0n) is 10.2. The molecule has 1 heterocycles. The number of nitrogens with one attached hydrogen (secondary N) is 1. The first-order chi connectivity index (χ1) is 8.58. The van der Waals surface area contributed by atoms with Gasteiger partial charge in [0.15, 0.2) is 10.9 Å². The summed E-state index contributed by atoms with van der Waals surface area (Å²) in [6.07, 6.45) is -4.13. The molecule has 0 spiro atoms. The van der Waals surface area contributed by atoms with Crippen molar-refractivity contribution >= 4 is 28.2 Å². The minimum atomic E-state index is -4.96. The molecule has 1 aromatic heterocycles. The second kappa shape index (κ2) is 4.29. The number of nitrogens with zero attached hydrogens (tertiary/aromatic N) is 1. The number of amides is 1. The van der Waals surface area contributed by atoms with Gasteiger partial charge in [-0.1, -0.05) is 25.2 Å². The van der Waals surface area contributed by atoms with Crippen molar-refractivity contribution in [1.29, 1.82) is 0 Å². The predicted molar refractivity (Wildman–Crippen MR) is 63.2 cm³/mol. The van der Waals surface area contributed by atoms with Gasteiger partial charge in [0.1, 0.15) is 0 Å². The average molecular weight is 292 g/mol. The molecule has 4 nitrogen and oxygen atoms in total. The van der Waals surface area contributed by atoms with Crippen LogP contribution in [0.3, 0.4) is 0 Å². The summed E-state index contributed by atoms with van der Waals surface area (Å²) in [6, 6.07) is 0. The molecule has 0 saturated carbocycles. The van der Waals surface area contributed by atoms with Crippen LogP contribution in [0.2, 0.25) is 0 Å². The van der Waals surface area contributed by atoms with Gasteiger partial charge in [0, 0.05) is 6.42 Å². The fraction of sp³-hybridized carbons (Fsp3) is 0.545. The number of hydrogen-bond donors (Lipinski definition) is 1. The van der Waals surface area contributed by atoms with Crippen molar-refractivity contribution in [3.63, 3.8) is 0 Å². The lowest BCUT2D eigenvalue weighted by Gasteiger charge is -2.26. The van der Waals surface area contributed by atoms with E-state index in [0.29, 0.717) is 23.4 Å². The normalized spacial score (nSPS) is 18.1. The van der Waals surface area contributed by atoms with E-state index >= 15 is 0 Å². The second-order valence-corrected chi connectivity index (χ2v) is 6.19. The van der Waals surface area contributed by atoms with Crippen molar-refractivity contribution in [3.8, 4) is 0 Å². The molecule has 1 N–H and O–H groups in total. The van der Waals surface area contributed by atoms with Crippen LogP contribution in [0.25, 0.3) is 0 Å². The minimum absolute atomic E-state index is 0.142. The highest BCUT2D eigenvalue weighted by molar-refractivity contribution is 7.17. The lowest BCUT2D eigenvalue weighted by atomic mass is 9.78. The van der Waals surface area contributed by atoms with Crippen molar-refractivity contribution in [2.45, 2.75) is 32.9 Å². The number of hydrogen-bond acceptors (Lipinski definition) is 4. The van der Waals surface area contributed by atoms with Crippen LogP contribution >= 0.6 is 11.3 Å². The summed E-state index contributed by atoms with van der Waals surface area (Å²) >= 11 is 0.796. The number of fused-ring (bicyclic) bond motifs is 1. The Morgan fingerprint density at radius 2 is 2.00 bits per heavy atom. The molecular weight excluding hydrogens is 281 g/mol. The summed E-state index contributed by atoms with van der Waals surface area (Å²) < 4.78 is 36.3. The van der Waals surface area contributed by atoms with Gasteiger partial charge in [-0.3, -0.25) is 14.9 Å². The van der Waals surface area contributed by atoms with E-state index in [1.165, 1.54) is 0 Å². The third-order valence-electron chi connectivity index (χ3n) is 2.71. The van der Waals surface area contributed by atoms with Gasteiger partial charge in [-0.05, 0) is 11.8 Å². The molecule has 2 rings (SSSR count). The maximum atomic E-state index is 12.1. The van der Waals surface area contributed by atoms with E-state index in [-0.39, 0.29) is 16.3 Å². The lowest BCUT2D eigenvalue weighted by Crippen LogP contribution is -2.29. The quantitative estimate of drug-likeness (QED) is 0.866. The van der Waals surface area contributed by atoms with E-state index in [0.717, 1.165) is 11.3 Å². The first-order valence-electron chi connectivity index (χ1n) is 5.49. The van der Waals surface area contributed by atoms with Gasteiger partial charge in [-0.2, -0.15) is 13.2 Å². The zero-order valence-corrected chi connectivity index (χ0v) is 11.0. The number of Topliss-reactive ketones (excluding diaryl/α,β-unsaturated/α-hetero) is 1. The van der Waals surface area contributed by atoms with Crippen LogP contribution < -0.4 is 5.32 Å². The Morgan fingerprint density at radius 1 is 1.37 bits per heavy atom. The third-order valence-corrected chi connectivity index (χ3v) is 3.77. The summed E-state index contributed by atoms with van der Waals surface area (Å²) in [7, 11) is 0. The first kappa shape index (κ1) is 14.0. The Kier molecular flexibility index (Phi) is 3.16. The topological polar surface area (TPSA) is 59.1 Å². The van der Waals surface area contributed by atoms with Gasteiger partial charge in [0.05, 0.1) is 10.6 Å². The highest BCUT2D eigenvalue weighted by Gasteiger charge is 2.40. The Balaban J connectivity index is 2.24. The third kappa shape index (κ3) is 2.94. The van der Waals surface area contributed by atoms with Crippen LogP contribution in [0.1, 0.15) is 35.6 Å². The molecule has 0 atom stereocenters. The first-order valence-corrected chi connectivity index (χ1v) is 6.31. The SMILES string of the molecule is CC1(C)CC(=O)c2sc(NC(=O)C(F)(F)F)nc2C1. The Labute approximate surface area is 111 Å². The Morgan fingerprint density at radius 3 is 2.58 bits per heavy atom. The summed E-state index contributed by atoms with van der Waals surface area (Å²) in [5.74, 6) is -2.22. The van der Waals surface area contributed by atoms with E-state index in [1.54, 1.807) is 5.32 Å². The van der Waals surface area contributed by atoms with E-state index < -0.39 is 12.1 Å². The fourth-order valence-corrected chi connectivity index (χ4v) is 2.86. The number of ketones is 1. The summed E-state index contributed by atoms with van der Waals surface area (Å²) in [6.45, 7) is 3.78. The Hall–Kier alpha value is -1.44. The van der Waals surface area contributed by atoms with Crippen molar-refractivity contribution in [2.75, 3.05) is 5.32 Å². The van der Waals surface area contributed by atoms with Crippen LogP contribution in [0.4, 0.5) is 18.3 Å². The monoisotopic (exact) mass is 292 g/mol. The minimum Gasteiger partial charge on any atom is -0.294 e. The maximum absolute atomic E-state index is 12.1. The largest absolute Gasteiger partial charge is 0.471 e. The zero-order chi connectivity index (χ0) is 14.4. The fourth-order valence-electron chi connectivity index (χ4n) is 1.94. The standard InChI is InChI=1S/C11H11F3N2O2S/c1-10(2)3-5-7(6(17)4-10)19-9(15-5)16-8(18)11(12,13)14/h3-4H2,1-2H3,(H,15,16,18). The lowest BCUT2D eigenvalue weighted by molar-refractivity contribution is -0.167. The van der Waals surface area contributed by atoms with Crippen molar-refractivity contribution in [3.05, 3.63) is 10.6 Å². The van der Waals surface area contributed by atoms with Gasteiger partial charge in [0.25, 0.3) is 0 Å². The maximum Gasteiger partial charge on any atom is 0.471 e. The number of thiazole rings is 1. The van der Waals surface area contributed by atoms with Gasteiger partial charge < -0.3 is 0 Å². The molecule has 0 unspecified atom stereocenters. The highest BCUT2D eigenvalue weighted by Crippen LogP contribution is 2.38. The molecule has 1 aromatic rings. The second-order valence-electron chi connectivity index (χ2n) is 5.19. The molecule has 19 heavy (non-hydrogen) atoms. The summed E-state index contributed by atoms with van der Waals surface area (Å²) in [5.41, 5.74) is 0.201. The van der Waals surface area contributed by atoms with Crippen LogP contribution in [-0.2, 0) is 11.2 Å². The van der Waals surface area contributed by atoms with Crippen molar-refractivity contribution in [2.24, 2.45) is 5.41 Å². The molecule has 0 fully saturated rings. The van der Waals surface area contributed by atoms with Crippen molar-refractivity contribution < 1.29 is 22.8 Å². The molecule has 1 aliphatic carbocycles. The van der Waals surface area contributed by atoms with E-state index in [9.17, 15) is 22.8 Å². The van der Waals surface area contributed by atoms with Gasteiger partial charge in [0.2, 0.25) is 0 Å². The molecule has 0 saturated heterocycles. The number of anilines is 1. The number of carbonyl (C=O) groups excluding carboxylic acids is 2. The van der Waals surface area contributed by atoms with Gasteiger partial charge in [-0.25, -0.2) is 4.98 Å². The van der Waals surface area contributed by atoms with E-state index in [2.05, 4.69) is 4.98 Å². The van der Waals surface area contributed by atoms with Crippen LogP contribution in [0.5, 0.6) is 0 Å². The molecule has 0 bridgehead atoms. The van der Waals surface area contributed by atoms with Crippen LogP contribution in [0, 0.1) is 5.41 Å². The van der Waals surface area contributed by atoms with Gasteiger partial charge in [-0.15, -0.1) is 0 Å². The smallest absolute Gasteiger partial charge is 0.294 e. The molecule has 104 valence electrons. The molecule has 8 heteroatoms. The molecule has 1 amide bonds. The van der Waals surface area contributed by atoms with Crippen LogP contribution in [0.15, 0.2) is 0 Å². The van der Waals surface area contributed by atoms with Crippen LogP contribution in [-0.4, -0.2) is 22.9 Å². The molecule has 1 aliphatic rings. The number of carbonyl (C=O) groups is 2. The number of alkyl halides is 3. The number of rotatable bonds is 1. The number of aromatic nitrogens is 1. The molecule has 0 aromatic carbocycles. The van der Waals surface area contributed by atoms with E-state index in [4.69, 9.17) is 0 Å². The summed E-state index contributed by atoms with van der Waals surface area (Å²) in [4.78, 5) is 26.9. The summed E-state index contributed by atoms with van der Waals surface area (Å²) in [5, 5.41) is 1.50. The highest BCUT2D eigenvalue weighted by atomic mass is 32.1. The number of halogens is 3. The molecular formula is C11H11F3N2O2S. The van der Waals surface area contributed by atoms with Crippen molar-refractivity contribution in [1.82, 2.24) is 4.98 Å². The molecule has 0 aliphatic heterocycles. The van der Waals surface area contributed by atoms with Gasteiger partial charge >= 0.3 is 12.1 Å². The Bertz CT molecular complexity index is 549. The van der Waals surface area contributed by atoms with E-state index in [1.807, 2.05) is 13.8 Å².